The minimum atomic E-state index is -3.93. The molecule has 2 aromatic carbocycles. The second-order valence-electron chi connectivity index (χ2n) is 6.22. The highest BCUT2D eigenvalue weighted by atomic mass is 35.5. The molecule has 6 nitrogen and oxygen atoms in total. The molecule has 0 saturated heterocycles. The molecule has 0 spiro atoms. The Labute approximate surface area is 185 Å². The molecule has 0 aliphatic carbocycles. The van der Waals surface area contributed by atoms with Gasteiger partial charge in [-0.2, -0.15) is 8.42 Å². The maximum atomic E-state index is 13.7. The summed E-state index contributed by atoms with van der Waals surface area (Å²) < 4.78 is 34.6. The fraction of sp³-hybridized carbons (Fsp3) is 0. The van der Waals surface area contributed by atoms with E-state index in [1.54, 1.807) is 54.6 Å². The van der Waals surface area contributed by atoms with E-state index in [1.165, 1.54) is 21.9 Å². The van der Waals surface area contributed by atoms with Crippen molar-refractivity contribution in [1.29, 1.82) is 0 Å². The fourth-order valence-electron chi connectivity index (χ4n) is 2.92. The van der Waals surface area contributed by atoms with Gasteiger partial charge in [0.1, 0.15) is 16.2 Å². The highest BCUT2D eigenvalue weighted by Gasteiger charge is 2.31. The molecule has 10 heteroatoms. The maximum absolute atomic E-state index is 13.7. The minimum Gasteiger partial charge on any atom is -0.364 e. The number of nitrogens with zero attached hydrogens (tertiary/aromatic N) is 3. The van der Waals surface area contributed by atoms with Crippen molar-refractivity contribution in [2.45, 2.75) is 4.21 Å². The summed E-state index contributed by atoms with van der Waals surface area (Å²) in [7, 11) is -3.93. The highest BCUT2D eigenvalue weighted by Crippen LogP contribution is 2.40. The summed E-state index contributed by atoms with van der Waals surface area (Å²) in [5, 5.41) is 4.77. The van der Waals surface area contributed by atoms with Gasteiger partial charge in [-0.05, 0) is 42.5 Å². The third kappa shape index (κ3) is 3.39. The number of benzene rings is 2. The number of thiazole rings is 1. The number of sulfonamides is 1. The van der Waals surface area contributed by atoms with Crippen LogP contribution in [0.5, 0.6) is 0 Å². The van der Waals surface area contributed by atoms with Gasteiger partial charge in [-0.1, -0.05) is 46.3 Å². The third-order valence-corrected chi connectivity index (χ3v) is 8.93. The Morgan fingerprint density at radius 3 is 2.57 bits per heavy atom. The van der Waals surface area contributed by atoms with Gasteiger partial charge in [-0.3, -0.25) is 0 Å². The van der Waals surface area contributed by atoms with E-state index in [2.05, 4.69) is 10.1 Å². The van der Waals surface area contributed by atoms with E-state index in [4.69, 9.17) is 16.1 Å². The van der Waals surface area contributed by atoms with Crippen molar-refractivity contribution in [3.8, 4) is 10.6 Å². The lowest BCUT2D eigenvalue weighted by atomic mass is 10.3. The summed E-state index contributed by atoms with van der Waals surface area (Å²) in [6.07, 6.45) is 1.45. The first-order valence-corrected chi connectivity index (χ1v) is 12.1. The number of para-hydroxylation sites is 1. The Morgan fingerprint density at radius 1 is 0.967 bits per heavy atom. The van der Waals surface area contributed by atoms with Crippen LogP contribution in [-0.2, 0) is 10.0 Å². The second-order valence-corrected chi connectivity index (χ2v) is 10.8. The fourth-order valence-corrected chi connectivity index (χ4v) is 7.04. The summed E-state index contributed by atoms with van der Waals surface area (Å²) in [6, 6.07) is 19.2. The van der Waals surface area contributed by atoms with Crippen molar-refractivity contribution in [2.24, 2.45) is 0 Å². The largest absolute Gasteiger partial charge is 0.364 e. The topological polar surface area (TPSA) is 76.3 Å². The standard InChI is InChI=1S/C20H12ClN3O3S3/c21-13-6-7-18-16(12-13)22-20(29-18)24(14-4-2-1-3-5-14)30(25,26)19-9-8-17(28-19)15-10-11-27-23-15/h1-12H. The van der Waals surface area contributed by atoms with E-state index >= 15 is 0 Å². The van der Waals surface area contributed by atoms with Crippen LogP contribution in [0.25, 0.3) is 20.8 Å². The predicted molar refractivity (Wildman–Crippen MR) is 120 cm³/mol. The van der Waals surface area contributed by atoms with E-state index in [0.29, 0.717) is 31.9 Å². The quantitative estimate of drug-likeness (QED) is 0.304. The van der Waals surface area contributed by atoms with Gasteiger partial charge in [-0.25, -0.2) is 9.29 Å². The number of hydrogen-bond donors (Lipinski definition) is 0. The average Bonchev–Trinajstić information content (AvgIpc) is 3.48. The smallest absolute Gasteiger partial charge is 0.280 e. The zero-order valence-electron chi connectivity index (χ0n) is 15.1. The van der Waals surface area contributed by atoms with Crippen LogP contribution >= 0.6 is 34.3 Å². The van der Waals surface area contributed by atoms with Crippen LogP contribution in [-0.4, -0.2) is 18.6 Å². The zero-order chi connectivity index (χ0) is 20.7. The lowest BCUT2D eigenvalue weighted by Gasteiger charge is -2.20. The molecule has 150 valence electrons. The van der Waals surface area contributed by atoms with Gasteiger partial charge < -0.3 is 4.52 Å². The molecule has 0 saturated carbocycles. The van der Waals surface area contributed by atoms with Crippen molar-refractivity contribution in [2.75, 3.05) is 4.31 Å². The van der Waals surface area contributed by atoms with Gasteiger partial charge in [0.15, 0.2) is 0 Å². The molecule has 5 aromatic rings. The molecule has 0 aliphatic heterocycles. The van der Waals surface area contributed by atoms with Crippen molar-refractivity contribution < 1.29 is 12.9 Å². The number of rotatable bonds is 5. The molecular weight excluding hydrogens is 462 g/mol. The summed E-state index contributed by atoms with van der Waals surface area (Å²) in [6.45, 7) is 0. The van der Waals surface area contributed by atoms with E-state index in [9.17, 15) is 8.42 Å². The van der Waals surface area contributed by atoms with E-state index in [1.807, 2.05) is 12.1 Å². The molecule has 0 aliphatic rings. The number of fused-ring (bicyclic) bond motifs is 1. The molecule has 0 amide bonds. The Kier molecular flexibility index (Phi) is 4.82. The first-order chi connectivity index (χ1) is 14.5. The van der Waals surface area contributed by atoms with Crippen LogP contribution in [0.4, 0.5) is 10.8 Å². The highest BCUT2D eigenvalue weighted by molar-refractivity contribution is 7.95. The van der Waals surface area contributed by atoms with Gasteiger partial charge in [0.2, 0.25) is 5.13 Å². The Morgan fingerprint density at radius 2 is 1.80 bits per heavy atom. The number of thiophene rings is 1. The second kappa shape index (κ2) is 7.51. The van der Waals surface area contributed by atoms with Crippen LogP contribution in [0.2, 0.25) is 5.02 Å². The third-order valence-electron chi connectivity index (χ3n) is 4.27. The van der Waals surface area contributed by atoms with Crippen LogP contribution in [0.1, 0.15) is 0 Å². The van der Waals surface area contributed by atoms with E-state index in [0.717, 1.165) is 16.0 Å². The molecule has 0 bridgehead atoms. The molecule has 3 heterocycles. The number of halogens is 1. The zero-order valence-corrected chi connectivity index (χ0v) is 18.3. The Bertz CT molecular complexity index is 1430. The molecule has 0 radical (unpaired) electrons. The van der Waals surface area contributed by atoms with E-state index < -0.39 is 10.0 Å². The lowest BCUT2D eigenvalue weighted by Crippen LogP contribution is -2.25. The molecular formula is C20H12ClN3O3S3. The van der Waals surface area contributed by atoms with Gasteiger partial charge in [0.25, 0.3) is 10.0 Å². The number of anilines is 2. The van der Waals surface area contributed by atoms with Crippen LogP contribution < -0.4 is 4.31 Å². The molecule has 0 atom stereocenters. The first kappa shape index (κ1) is 19.3. The monoisotopic (exact) mass is 473 g/mol. The molecule has 0 fully saturated rings. The summed E-state index contributed by atoms with van der Waals surface area (Å²) in [5.41, 5.74) is 1.73. The normalized spacial score (nSPS) is 11.8. The van der Waals surface area contributed by atoms with Gasteiger partial charge in [0, 0.05) is 11.1 Å². The van der Waals surface area contributed by atoms with Crippen LogP contribution in [0.3, 0.4) is 0 Å². The SMILES string of the molecule is O=S(=O)(c1ccc(-c2ccon2)s1)N(c1ccccc1)c1nc2cc(Cl)ccc2s1. The minimum absolute atomic E-state index is 0.182. The molecule has 0 unspecified atom stereocenters. The van der Waals surface area contributed by atoms with Gasteiger partial charge in [-0.15, -0.1) is 11.3 Å². The summed E-state index contributed by atoms with van der Waals surface area (Å²) in [5.74, 6) is 0. The molecule has 0 N–H and O–H groups in total. The summed E-state index contributed by atoms with van der Waals surface area (Å²) >= 11 is 8.50. The van der Waals surface area contributed by atoms with Crippen molar-refractivity contribution in [3.63, 3.8) is 0 Å². The lowest BCUT2D eigenvalue weighted by molar-refractivity contribution is 0.422. The van der Waals surface area contributed by atoms with Crippen LogP contribution in [0, 0.1) is 0 Å². The van der Waals surface area contributed by atoms with Crippen molar-refractivity contribution >= 4 is 65.3 Å². The maximum Gasteiger partial charge on any atom is 0.280 e. The van der Waals surface area contributed by atoms with Gasteiger partial charge in [0.05, 0.1) is 20.8 Å². The molecule has 3 aromatic heterocycles. The average molecular weight is 474 g/mol. The van der Waals surface area contributed by atoms with Crippen molar-refractivity contribution in [3.05, 3.63) is 78.0 Å². The Hall–Kier alpha value is -2.72. The van der Waals surface area contributed by atoms with E-state index in [-0.39, 0.29) is 4.21 Å². The molecule has 30 heavy (non-hydrogen) atoms. The summed E-state index contributed by atoms with van der Waals surface area (Å²) in [4.78, 5) is 5.26. The number of hydrogen-bond acceptors (Lipinski definition) is 7. The van der Waals surface area contributed by atoms with Gasteiger partial charge >= 0.3 is 0 Å². The number of aromatic nitrogens is 2. The first-order valence-electron chi connectivity index (χ1n) is 8.69. The van der Waals surface area contributed by atoms with Crippen molar-refractivity contribution in [1.82, 2.24) is 10.1 Å². The Balaban J connectivity index is 1.66. The predicted octanol–water partition coefficient (Wildman–Crippen LogP) is 6.19. The molecule has 5 rings (SSSR count). The van der Waals surface area contributed by atoms with Crippen LogP contribution in [0.15, 0.2) is 81.7 Å².